The summed E-state index contributed by atoms with van der Waals surface area (Å²) >= 11 is 0. The molecule has 0 saturated heterocycles. The fourth-order valence-corrected chi connectivity index (χ4v) is 4.45. The van der Waals surface area contributed by atoms with Crippen LogP contribution in [-0.2, 0) is 4.79 Å². The molecule has 0 radical (unpaired) electrons. The van der Waals surface area contributed by atoms with Crippen LogP contribution in [-0.4, -0.2) is 21.8 Å². The number of hydrogen-bond acceptors (Lipinski definition) is 2. The summed E-state index contributed by atoms with van der Waals surface area (Å²) in [6.45, 7) is 12.5. The van der Waals surface area contributed by atoms with Crippen molar-refractivity contribution >= 4 is 5.97 Å². The third kappa shape index (κ3) is 3.03. The van der Waals surface area contributed by atoms with Crippen LogP contribution in [0, 0.1) is 17.3 Å². The Labute approximate surface area is 139 Å². The van der Waals surface area contributed by atoms with Gasteiger partial charge in [0, 0.05) is 11.8 Å². The summed E-state index contributed by atoms with van der Waals surface area (Å²) in [7, 11) is 0. The van der Waals surface area contributed by atoms with Gasteiger partial charge in [0.05, 0.1) is 5.60 Å². The fraction of sp³-hybridized carbons (Fsp3) is 0.650. The molecule has 128 valence electrons. The number of hydrogen-bond donors (Lipinski definition) is 2. The van der Waals surface area contributed by atoms with Crippen molar-refractivity contribution in [2.24, 2.45) is 17.3 Å². The van der Waals surface area contributed by atoms with Crippen molar-refractivity contribution in [1.29, 1.82) is 0 Å². The number of carboxylic acids is 1. The van der Waals surface area contributed by atoms with Crippen LogP contribution in [0.25, 0.3) is 0 Å². The van der Waals surface area contributed by atoms with Crippen molar-refractivity contribution in [3.8, 4) is 0 Å². The normalized spacial score (nSPS) is 33.7. The third-order valence-corrected chi connectivity index (χ3v) is 6.08. The molecule has 2 rings (SSSR count). The number of carboxylic acid groups (broad SMARTS) is 1. The molecule has 0 bridgehead atoms. The summed E-state index contributed by atoms with van der Waals surface area (Å²) in [6.07, 6.45) is 7.21. The van der Waals surface area contributed by atoms with Gasteiger partial charge in [0.2, 0.25) is 0 Å². The Hall–Kier alpha value is -1.35. The molecule has 3 atom stereocenters. The van der Waals surface area contributed by atoms with E-state index in [0.717, 1.165) is 24.0 Å². The van der Waals surface area contributed by atoms with E-state index >= 15 is 0 Å². The minimum Gasteiger partial charge on any atom is -0.481 e. The summed E-state index contributed by atoms with van der Waals surface area (Å²) in [6, 6.07) is 0. The van der Waals surface area contributed by atoms with E-state index in [4.69, 9.17) is 5.11 Å². The molecule has 0 aromatic heterocycles. The zero-order valence-corrected chi connectivity index (χ0v) is 14.9. The molecule has 3 nitrogen and oxygen atoms in total. The highest BCUT2D eigenvalue weighted by Crippen LogP contribution is 2.57. The lowest BCUT2D eigenvalue weighted by atomic mass is 9.52. The molecule has 0 aromatic rings. The second kappa shape index (κ2) is 6.27. The molecule has 3 heteroatoms. The second-order valence-electron chi connectivity index (χ2n) is 7.84. The molecule has 0 unspecified atom stereocenters. The van der Waals surface area contributed by atoms with Crippen LogP contribution in [0.15, 0.2) is 35.5 Å². The Morgan fingerprint density at radius 1 is 1.48 bits per heavy atom. The highest BCUT2D eigenvalue weighted by atomic mass is 16.4. The van der Waals surface area contributed by atoms with Gasteiger partial charge in [0.25, 0.3) is 0 Å². The van der Waals surface area contributed by atoms with Crippen LogP contribution in [0.2, 0.25) is 0 Å². The maximum absolute atomic E-state index is 11.6. The molecular formula is C20H30O3. The van der Waals surface area contributed by atoms with Gasteiger partial charge in [-0.25, -0.2) is 0 Å². The first kappa shape index (κ1) is 18.0. The zero-order chi connectivity index (χ0) is 17.4. The van der Waals surface area contributed by atoms with E-state index in [1.54, 1.807) is 0 Å². The number of aliphatic carboxylic acids is 1. The maximum Gasteiger partial charge on any atom is 0.303 e. The van der Waals surface area contributed by atoms with Gasteiger partial charge in [-0.15, -0.1) is 0 Å². The minimum atomic E-state index is -0.956. The van der Waals surface area contributed by atoms with Crippen LogP contribution in [0.4, 0.5) is 0 Å². The van der Waals surface area contributed by atoms with E-state index in [-0.39, 0.29) is 12.3 Å². The molecule has 0 fully saturated rings. The van der Waals surface area contributed by atoms with Gasteiger partial charge in [-0.3, -0.25) is 4.79 Å². The first-order valence-electron chi connectivity index (χ1n) is 8.62. The molecule has 0 aliphatic heterocycles. The summed E-state index contributed by atoms with van der Waals surface area (Å²) in [4.78, 5) is 11.1. The highest BCUT2D eigenvalue weighted by Gasteiger charge is 2.55. The van der Waals surface area contributed by atoms with Gasteiger partial charge in [0.15, 0.2) is 0 Å². The zero-order valence-electron chi connectivity index (χ0n) is 14.9. The van der Waals surface area contributed by atoms with Gasteiger partial charge in [-0.2, -0.15) is 0 Å². The van der Waals surface area contributed by atoms with Crippen molar-refractivity contribution in [3.63, 3.8) is 0 Å². The van der Waals surface area contributed by atoms with E-state index in [1.165, 1.54) is 5.57 Å². The van der Waals surface area contributed by atoms with E-state index in [2.05, 4.69) is 39.5 Å². The lowest BCUT2D eigenvalue weighted by Gasteiger charge is -2.55. The number of fused-ring (bicyclic) bond motifs is 1. The quantitative estimate of drug-likeness (QED) is 0.734. The molecule has 0 saturated carbocycles. The van der Waals surface area contributed by atoms with Gasteiger partial charge < -0.3 is 10.2 Å². The Morgan fingerprint density at radius 3 is 2.65 bits per heavy atom. The number of carbonyl (C=O) groups is 1. The smallest absolute Gasteiger partial charge is 0.303 e. The van der Waals surface area contributed by atoms with E-state index in [9.17, 15) is 9.90 Å². The van der Waals surface area contributed by atoms with Crippen molar-refractivity contribution in [3.05, 3.63) is 35.5 Å². The summed E-state index contributed by atoms with van der Waals surface area (Å²) in [5.41, 5.74) is 1.94. The molecule has 2 N–H and O–H groups in total. The molecule has 0 amide bonds. The average Bonchev–Trinajstić information content (AvgIpc) is 2.45. The van der Waals surface area contributed by atoms with E-state index in [0.29, 0.717) is 18.8 Å². The SMILES string of the molecule is C=C(C)[C@@H]1CC=C2C=C(C(C)C)CC[C@]2(O)[C@@]1(C)CCC(=O)O. The lowest BCUT2D eigenvalue weighted by Crippen LogP contribution is -2.55. The van der Waals surface area contributed by atoms with Crippen LogP contribution in [0.1, 0.15) is 59.8 Å². The first-order chi connectivity index (χ1) is 10.6. The predicted molar refractivity (Wildman–Crippen MR) is 93.1 cm³/mol. The third-order valence-electron chi connectivity index (χ3n) is 6.08. The van der Waals surface area contributed by atoms with Crippen LogP contribution >= 0.6 is 0 Å². The maximum atomic E-state index is 11.6. The highest BCUT2D eigenvalue weighted by molar-refractivity contribution is 5.66. The standard InChI is InChI=1S/C20H30O3/c1-13(2)15-8-11-20(23)16(12-15)6-7-17(14(3)4)19(20,5)10-9-18(21)22/h6,12-13,17,23H,3,7-11H2,1-2,4-5H3,(H,21,22)/t17-,19-,20+/m0/s1. The Morgan fingerprint density at radius 2 is 2.13 bits per heavy atom. The fourth-order valence-electron chi connectivity index (χ4n) is 4.45. The molecule has 0 spiro atoms. The van der Waals surface area contributed by atoms with Crippen molar-refractivity contribution in [2.45, 2.75) is 65.4 Å². The van der Waals surface area contributed by atoms with E-state index in [1.807, 2.05) is 6.92 Å². The van der Waals surface area contributed by atoms with Crippen LogP contribution in [0.5, 0.6) is 0 Å². The van der Waals surface area contributed by atoms with Crippen LogP contribution in [0.3, 0.4) is 0 Å². The monoisotopic (exact) mass is 318 g/mol. The van der Waals surface area contributed by atoms with Crippen molar-refractivity contribution in [2.75, 3.05) is 0 Å². The number of aliphatic hydroxyl groups is 1. The van der Waals surface area contributed by atoms with E-state index < -0.39 is 17.0 Å². The summed E-state index contributed by atoms with van der Waals surface area (Å²) < 4.78 is 0. The lowest BCUT2D eigenvalue weighted by molar-refractivity contribution is -0.140. The molecule has 0 aromatic carbocycles. The number of rotatable bonds is 5. The molecule has 2 aliphatic rings. The predicted octanol–water partition coefficient (Wildman–Crippen LogP) is 4.49. The molecule has 0 heterocycles. The molecular weight excluding hydrogens is 288 g/mol. The minimum absolute atomic E-state index is 0.0800. The average molecular weight is 318 g/mol. The van der Waals surface area contributed by atoms with Crippen LogP contribution < -0.4 is 0 Å². The Balaban J connectivity index is 2.47. The number of allylic oxidation sites excluding steroid dienone is 3. The second-order valence-corrected chi connectivity index (χ2v) is 7.84. The molecule has 23 heavy (non-hydrogen) atoms. The van der Waals surface area contributed by atoms with Gasteiger partial charge in [0.1, 0.15) is 0 Å². The van der Waals surface area contributed by atoms with Gasteiger partial charge in [-0.1, -0.05) is 50.6 Å². The van der Waals surface area contributed by atoms with Crippen molar-refractivity contribution in [1.82, 2.24) is 0 Å². The Bertz CT molecular complexity index is 569. The van der Waals surface area contributed by atoms with Gasteiger partial charge in [-0.05, 0) is 50.0 Å². The molecule has 2 aliphatic carbocycles. The summed E-state index contributed by atoms with van der Waals surface area (Å²) in [5, 5.41) is 20.7. The summed E-state index contributed by atoms with van der Waals surface area (Å²) in [5.74, 6) is -0.213. The topological polar surface area (TPSA) is 57.5 Å². The van der Waals surface area contributed by atoms with Crippen molar-refractivity contribution < 1.29 is 15.0 Å². The first-order valence-corrected chi connectivity index (χ1v) is 8.62. The Kier molecular flexibility index (Phi) is 4.91. The largest absolute Gasteiger partial charge is 0.481 e. The van der Waals surface area contributed by atoms with Gasteiger partial charge >= 0.3 is 5.97 Å².